The van der Waals surface area contributed by atoms with E-state index in [1.165, 1.54) is 12.5 Å². The second-order valence-electron chi connectivity index (χ2n) is 7.09. The number of nitrogens with zero attached hydrogens (tertiary/aromatic N) is 6. The number of hydrogen-bond acceptors (Lipinski definition) is 7. The normalized spacial score (nSPS) is 10.9. The fraction of sp³-hybridized carbons (Fsp3) is 0.238. The van der Waals surface area contributed by atoms with Gasteiger partial charge in [-0.1, -0.05) is 0 Å². The van der Waals surface area contributed by atoms with E-state index in [1.807, 2.05) is 13.8 Å². The summed E-state index contributed by atoms with van der Waals surface area (Å²) < 4.78 is 8.63. The Morgan fingerprint density at radius 3 is 2.61 bits per heavy atom. The Bertz CT molecular complexity index is 1260. The lowest BCUT2D eigenvalue weighted by atomic mass is 10.1. The van der Waals surface area contributed by atoms with Crippen molar-refractivity contribution in [2.75, 3.05) is 5.32 Å². The summed E-state index contributed by atoms with van der Waals surface area (Å²) in [4.78, 5) is 33.0. The van der Waals surface area contributed by atoms with Crippen LogP contribution in [0.15, 0.2) is 43.0 Å². The molecule has 0 saturated carbocycles. The number of carbonyl (C=O) groups is 2. The number of amides is 1. The first-order chi connectivity index (χ1) is 14.9. The number of hydrogen-bond donors (Lipinski definition) is 1. The van der Waals surface area contributed by atoms with E-state index in [4.69, 9.17) is 4.74 Å². The fourth-order valence-electron chi connectivity index (χ4n) is 3.27. The van der Waals surface area contributed by atoms with Crippen molar-refractivity contribution < 1.29 is 14.3 Å². The van der Waals surface area contributed by atoms with Crippen molar-refractivity contribution in [1.29, 1.82) is 0 Å². The molecule has 31 heavy (non-hydrogen) atoms. The van der Waals surface area contributed by atoms with Crippen LogP contribution in [0.3, 0.4) is 0 Å². The van der Waals surface area contributed by atoms with Crippen LogP contribution in [0.1, 0.15) is 33.7 Å². The number of esters is 1. The van der Waals surface area contributed by atoms with E-state index in [0.717, 1.165) is 17.0 Å². The first kappa shape index (κ1) is 20.2. The zero-order valence-corrected chi connectivity index (χ0v) is 17.4. The maximum Gasteiger partial charge on any atom is 0.311 e. The van der Waals surface area contributed by atoms with Crippen molar-refractivity contribution in [2.45, 2.75) is 26.7 Å². The second-order valence-corrected chi connectivity index (χ2v) is 7.09. The summed E-state index contributed by atoms with van der Waals surface area (Å²) in [6, 6.07) is 6.62. The van der Waals surface area contributed by atoms with Crippen LogP contribution >= 0.6 is 0 Å². The molecule has 0 spiro atoms. The smallest absolute Gasteiger partial charge is 0.311 e. The zero-order chi connectivity index (χ0) is 22.0. The highest BCUT2D eigenvalue weighted by Crippen LogP contribution is 2.19. The molecule has 1 N–H and O–H groups in total. The molecule has 158 valence electrons. The molecule has 4 rings (SSSR count). The van der Waals surface area contributed by atoms with Crippen LogP contribution in [0.2, 0.25) is 0 Å². The summed E-state index contributed by atoms with van der Waals surface area (Å²) in [5, 5.41) is 10.9. The Labute approximate surface area is 177 Å². The van der Waals surface area contributed by atoms with Crippen molar-refractivity contribution in [3.8, 4) is 5.75 Å². The van der Waals surface area contributed by atoms with Gasteiger partial charge in [-0.05, 0) is 50.1 Å². The number of nitrogens with one attached hydrogen (secondary N) is 1. The molecular formula is C21H21N7O3. The quantitative estimate of drug-likeness (QED) is 0.376. The Morgan fingerprint density at radius 1 is 1.13 bits per heavy atom. The fourth-order valence-corrected chi connectivity index (χ4v) is 3.27. The SMILES string of the molecule is Cc1nc2ncnn2c(C)c1CCC(=O)Oc1ccc(NC(=O)c2cnn(C)c2)cc1. The number of anilines is 1. The molecule has 3 aromatic heterocycles. The zero-order valence-electron chi connectivity index (χ0n) is 17.4. The summed E-state index contributed by atoms with van der Waals surface area (Å²) >= 11 is 0. The molecule has 10 heteroatoms. The summed E-state index contributed by atoms with van der Waals surface area (Å²) in [5.41, 5.74) is 3.72. The number of fused-ring (bicyclic) bond motifs is 1. The topological polar surface area (TPSA) is 116 Å². The highest BCUT2D eigenvalue weighted by Gasteiger charge is 2.14. The van der Waals surface area contributed by atoms with E-state index in [2.05, 4.69) is 25.5 Å². The largest absolute Gasteiger partial charge is 0.427 e. The van der Waals surface area contributed by atoms with Crippen LogP contribution in [0, 0.1) is 13.8 Å². The first-order valence-electron chi connectivity index (χ1n) is 9.67. The molecule has 1 amide bonds. The lowest BCUT2D eigenvalue weighted by Crippen LogP contribution is -2.13. The van der Waals surface area contributed by atoms with Crippen molar-refractivity contribution >= 4 is 23.3 Å². The number of aromatic nitrogens is 6. The second kappa shape index (κ2) is 8.34. The standard InChI is InChI=1S/C21H21N7O3/c1-13-18(14(2)28-21(25-13)22-12-24-28)8-9-19(29)31-17-6-4-16(5-7-17)26-20(30)15-10-23-27(3)11-15/h4-7,10-12H,8-9H2,1-3H3,(H,26,30). The average Bonchev–Trinajstić information content (AvgIpc) is 3.38. The van der Waals surface area contributed by atoms with Crippen LogP contribution in [0.4, 0.5) is 5.69 Å². The van der Waals surface area contributed by atoms with Gasteiger partial charge in [0.25, 0.3) is 11.7 Å². The van der Waals surface area contributed by atoms with E-state index in [1.54, 1.807) is 46.7 Å². The molecule has 0 aliphatic rings. The van der Waals surface area contributed by atoms with Gasteiger partial charge in [-0.15, -0.1) is 0 Å². The van der Waals surface area contributed by atoms with Crippen LogP contribution in [-0.2, 0) is 18.3 Å². The Kier molecular flexibility index (Phi) is 5.44. The lowest BCUT2D eigenvalue weighted by molar-refractivity contribution is -0.134. The Morgan fingerprint density at radius 2 is 1.90 bits per heavy atom. The molecule has 10 nitrogen and oxygen atoms in total. The minimum Gasteiger partial charge on any atom is -0.427 e. The third-order valence-electron chi connectivity index (χ3n) is 4.88. The number of rotatable bonds is 6. The molecule has 3 heterocycles. The summed E-state index contributed by atoms with van der Waals surface area (Å²) in [6.45, 7) is 3.82. The molecule has 1 aromatic carbocycles. The molecule has 0 bridgehead atoms. The minimum atomic E-state index is -0.357. The van der Waals surface area contributed by atoms with Crippen molar-refractivity contribution in [2.24, 2.45) is 7.05 Å². The van der Waals surface area contributed by atoms with Crippen LogP contribution < -0.4 is 10.1 Å². The van der Waals surface area contributed by atoms with Crippen LogP contribution in [0.5, 0.6) is 5.75 Å². The molecule has 0 fully saturated rings. The van der Waals surface area contributed by atoms with E-state index in [9.17, 15) is 9.59 Å². The van der Waals surface area contributed by atoms with E-state index < -0.39 is 0 Å². The molecule has 4 aromatic rings. The van der Waals surface area contributed by atoms with Gasteiger partial charge in [-0.3, -0.25) is 14.3 Å². The summed E-state index contributed by atoms with van der Waals surface area (Å²) in [6.07, 6.45) is 5.26. The first-order valence-corrected chi connectivity index (χ1v) is 9.67. The van der Waals surface area contributed by atoms with Gasteiger partial charge in [-0.2, -0.15) is 15.2 Å². The monoisotopic (exact) mass is 419 g/mol. The molecular weight excluding hydrogens is 398 g/mol. The maximum atomic E-state index is 12.3. The minimum absolute atomic E-state index is 0.197. The highest BCUT2D eigenvalue weighted by molar-refractivity contribution is 6.03. The lowest BCUT2D eigenvalue weighted by Gasteiger charge is -2.10. The maximum absolute atomic E-state index is 12.3. The Balaban J connectivity index is 1.34. The number of ether oxygens (including phenoxy) is 1. The number of carbonyl (C=O) groups excluding carboxylic acids is 2. The molecule has 0 aliphatic carbocycles. The molecule has 0 atom stereocenters. The summed E-state index contributed by atoms with van der Waals surface area (Å²) in [7, 11) is 1.74. The van der Waals surface area contributed by atoms with Gasteiger partial charge >= 0.3 is 5.97 Å². The van der Waals surface area contributed by atoms with E-state index >= 15 is 0 Å². The molecule has 0 radical (unpaired) electrons. The predicted octanol–water partition coefficient (Wildman–Crippen LogP) is 2.27. The molecule has 0 saturated heterocycles. The third kappa shape index (κ3) is 4.42. The van der Waals surface area contributed by atoms with Crippen LogP contribution in [-0.4, -0.2) is 41.2 Å². The van der Waals surface area contributed by atoms with Crippen LogP contribution in [0.25, 0.3) is 5.78 Å². The molecule has 0 unspecified atom stereocenters. The van der Waals surface area contributed by atoms with Gasteiger partial charge in [0.05, 0.1) is 18.2 Å². The summed E-state index contributed by atoms with van der Waals surface area (Å²) in [5.74, 6) is 0.325. The average molecular weight is 419 g/mol. The van der Waals surface area contributed by atoms with Gasteiger partial charge in [0.1, 0.15) is 12.1 Å². The number of aryl methyl sites for hydroxylation is 3. The van der Waals surface area contributed by atoms with Gasteiger partial charge in [-0.25, -0.2) is 9.50 Å². The van der Waals surface area contributed by atoms with Crippen molar-refractivity contribution in [1.82, 2.24) is 29.4 Å². The highest BCUT2D eigenvalue weighted by atomic mass is 16.5. The Hall–Kier alpha value is -4.08. The van der Waals surface area contributed by atoms with Crippen molar-refractivity contribution in [3.63, 3.8) is 0 Å². The number of benzene rings is 1. The van der Waals surface area contributed by atoms with E-state index in [0.29, 0.717) is 29.2 Å². The molecule has 0 aliphatic heterocycles. The predicted molar refractivity (Wildman–Crippen MR) is 112 cm³/mol. The third-order valence-corrected chi connectivity index (χ3v) is 4.88. The van der Waals surface area contributed by atoms with Gasteiger partial charge in [0, 0.05) is 30.3 Å². The van der Waals surface area contributed by atoms with Gasteiger partial charge in [0.15, 0.2) is 0 Å². The van der Waals surface area contributed by atoms with Gasteiger partial charge < -0.3 is 10.1 Å². The van der Waals surface area contributed by atoms with Crippen molar-refractivity contribution in [3.05, 3.63) is 65.5 Å². The van der Waals surface area contributed by atoms with Gasteiger partial charge in [0.2, 0.25) is 0 Å². The van der Waals surface area contributed by atoms with E-state index in [-0.39, 0.29) is 18.3 Å².